The smallest absolute Gasteiger partial charge is 0.219 e. The number of piperidine rings is 1. The zero-order valence-corrected chi connectivity index (χ0v) is 25.6. The number of carbonyl (C=O) groups excluding carboxylic acids is 1. The minimum absolute atomic E-state index is 0.0881. The van der Waals surface area contributed by atoms with Crippen molar-refractivity contribution in [2.45, 2.75) is 39.2 Å². The van der Waals surface area contributed by atoms with Crippen molar-refractivity contribution < 1.29 is 18.7 Å². The summed E-state index contributed by atoms with van der Waals surface area (Å²) in [6, 6.07) is 12.9. The van der Waals surface area contributed by atoms with Crippen molar-refractivity contribution >= 4 is 23.4 Å². The van der Waals surface area contributed by atoms with Gasteiger partial charge in [0.2, 0.25) is 5.88 Å². The second-order valence-corrected chi connectivity index (χ2v) is 12.1. The Morgan fingerprint density at radius 1 is 1.00 bits per heavy atom. The number of morpholine rings is 1. The molecule has 1 aliphatic carbocycles. The minimum atomic E-state index is -0.473. The lowest BCUT2D eigenvalue weighted by Crippen LogP contribution is -2.49. The van der Waals surface area contributed by atoms with Gasteiger partial charge in [-0.2, -0.15) is 5.10 Å². The lowest BCUT2D eigenvalue weighted by atomic mass is 9.98. The Morgan fingerprint density at radius 3 is 2.51 bits per heavy atom. The number of halogens is 1. The first-order valence-electron chi connectivity index (χ1n) is 15.5. The fourth-order valence-electron chi connectivity index (χ4n) is 6.73. The largest absolute Gasteiger partial charge is 0.436 e. The van der Waals surface area contributed by atoms with Crippen LogP contribution in [-0.2, 0) is 11.2 Å². The number of nitrogens with two attached hydrogens (primary N) is 1. The minimum Gasteiger partial charge on any atom is -0.436 e. The normalized spacial score (nSPS) is 17.3. The average Bonchev–Trinajstić information content (AvgIpc) is 3.65. The van der Waals surface area contributed by atoms with Gasteiger partial charge in [-0.1, -0.05) is 12.1 Å². The lowest BCUT2D eigenvalue weighted by Gasteiger charge is -2.41. The molecule has 0 radical (unpaired) electrons. The first kappa shape index (κ1) is 29.2. The van der Waals surface area contributed by atoms with Crippen LogP contribution in [0.1, 0.15) is 45.5 Å². The van der Waals surface area contributed by atoms with Crippen LogP contribution in [0.15, 0.2) is 60.4 Å². The fourth-order valence-corrected chi connectivity index (χ4v) is 6.73. The Balaban J connectivity index is 1.04. The van der Waals surface area contributed by atoms with Gasteiger partial charge < -0.3 is 20.1 Å². The number of hydrogen-bond acceptors (Lipinski definition) is 8. The quantitative estimate of drug-likeness (QED) is 0.274. The molecule has 2 fully saturated rings. The lowest BCUT2D eigenvalue weighted by molar-refractivity contribution is 0.0115. The molecule has 0 atom stereocenters. The highest BCUT2D eigenvalue weighted by atomic mass is 19.1. The molecule has 2 saturated heterocycles. The number of pyridine rings is 1. The van der Waals surface area contributed by atoms with E-state index in [4.69, 9.17) is 15.2 Å². The third-order valence-corrected chi connectivity index (χ3v) is 9.22. The van der Waals surface area contributed by atoms with Crippen LogP contribution in [-0.4, -0.2) is 70.9 Å². The molecule has 0 unspecified atom stereocenters. The Hall–Kier alpha value is -4.54. The van der Waals surface area contributed by atoms with Crippen molar-refractivity contribution in [1.29, 1.82) is 0 Å². The van der Waals surface area contributed by atoms with Crippen LogP contribution in [0.3, 0.4) is 0 Å². The van der Waals surface area contributed by atoms with Gasteiger partial charge in [-0.3, -0.25) is 9.69 Å². The number of ether oxygens (including phenoxy) is 2. The van der Waals surface area contributed by atoms with Crippen LogP contribution < -0.4 is 15.4 Å². The molecule has 0 bridgehead atoms. The highest BCUT2D eigenvalue weighted by molar-refractivity contribution is 6.15. The first-order valence-corrected chi connectivity index (χ1v) is 15.5. The highest BCUT2D eigenvalue weighted by Crippen LogP contribution is 2.35. The van der Waals surface area contributed by atoms with E-state index in [9.17, 15) is 9.18 Å². The van der Waals surface area contributed by atoms with Crippen molar-refractivity contribution in [1.82, 2.24) is 19.7 Å². The van der Waals surface area contributed by atoms with E-state index in [-0.39, 0.29) is 23.2 Å². The fraction of sp³-hybridized carbons (Fsp3) is 0.343. The number of carbonyl (C=O) groups is 1. The molecule has 3 aliphatic rings. The van der Waals surface area contributed by atoms with Crippen molar-refractivity contribution in [3.05, 3.63) is 94.1 Å². The monoisotopic (exact) mass is 608 g/mol. The second-order valence-electron chi connectivity index (χ2n) is 12.1. The van der Waals surface area contributed by atoms with E-state index in [0.29, 0.717) is 29.3 Å². The van der Waals surface area contributed by atoms with E-state index in [1.54, 1.807) is 24.4 Å². The number of nitrogen functional groups attached to an aromatic ring is 1. The van der Waals surface area contributed by atoms with E-state index in [0.717, 1.165) is 68.9 Å². The van der Waals surface area contributed by atoms with Crippen LogP contribution in [0.2, 0.25) is 0 Å². The Bertz CT molecular complexity index is 1790. The number of nitrogens with zero attached hydrogens (tertiary/aromatic N) is 5. The molecule has 4 heterocycles. The third-order valence-electron chi connectivity index (χ3n) is 9.22. The van der Waals surface area contributed by atoms with Crippen molar-refractivity contribution in [3.8, 4) is 17.3 Å². The number of benzene rings is 2. The molecular weight excluding hydrogens is 571 g/mol. The number of allylic oxidation sites excluding steroid dienone is 1. The van der Waals surface area contributed by atoms with E-state index in [1.165, 1.54) is 34.3 Å². The Kier molecular flexibility index (Phi) is 7.85. The SMILES string of the molecule is Cc1cc2c(cc1N1CCC(N3CCOCC3)CC1)CC(C(=O)c1cnn(-c3cnc(Oc4ccccc4F)cc3C)c1N)=C2. The summed E-state index contributed by atoms with van der Waals surface area (Å²) in [4.78, 5) is 23.1. The maximum atomic E-state index is 14.0. The molecule has 10 heteroatoms. The summed E-state index contributed by atoms with van der Waals surface area (Å²) >= 11 is 0. The van der Waals surface area contributed by atoms with Crippen molar-refractivity contribution in [3.63, 3.8) is 0 Å². The van der Waals surface area contributed by atoms with Gasteiger partial charge in [0.1, 0.15) is 5.82 Å². The molecule has 45 heavy (non-hydrogen) atoms. The maximum Gasteiger partial charge on any atom is 0.219 e. The molecule has 4 aromatic rings. The summed E-state index contributed by atoms with van der Waals surface area (Å²) in [7, 11) is 0. The number of fused-ring (bicyclic) bond motifs is 1. The standard InChI is InChI=1S/C35H37FN6O3/c1-22-15-24-17-26(18-25(24)19-30(22)41-9-7-27(8-10-41)40-11-13-44-14-12-40)34(43)28-20-39-42(35(28)37)31-21-38-33(16-23(31)2)45-32-6-4-3-5-29(32)36/h3-6,15-17,19-21,27H,7-14,18,37H2,1-2H3. The summed E-state index contributed by atoms with van der Waals surface area (Å²) in [5, 5.41) is 4.43. The predicted molar refractivity (Wildman–Crippen MR) is 172 cm³/mol. The molecule has 2 aromatic carbocycles. The number of aromatic nitrogens is 3. The topological polar surface area (TPSA) is 98.7 Å². The van der Waals surface area contributed by atoms with Gasteiger partial charge in [-0.15, -0.1) is 0 Å². The maximum absolute atomic E-state index is 14.0. The van der Waals surface area contributed by atoms with E-state index in [2.05, 4.69) is 38.9 Å². The van der Waals surface area contributed by atoms with Gasteiger partial charge in [-0.05, 0) is 79.3 Å². The number of hydrogen-bond donors (Lipinski definition) is 1. The van der Waals surface area contributed by atoms with Crippen LogP contribution in [0.4, 0.5) is 15.9 Å². The molecular formula is C35H37FN6O3. The van der Waals surface area contributed by atoms with E-state index < -0.39 is 5.82 Å². The highest BCUT2D eigenvalue weighted by Gasteiger charge is 2.29. The molecule has 2 N–H and O–H groups in total. The Labute approximate surface area is 262 Å². The van der Waals surface area contributed by atoms with Crippen molar-refractivity contribution in [2.24, 2.45) is 0 Å². The molecule has 7 rings (SSSR count). The molecule has 0 saturated carbocycles. The van der Waals surface area contributed by atoms with Gasteiger partial charge in [0.15, 0.2) is 17.3 Å². The number of rotatable bonds is 7. The summed E-state index contributed by atoms with van der Waals surface area (Å²) in [6.45, 7) is 9.80. The van der Waals surface area contributed by atoms with E-state index in [1.807, 2.05) is 13.0 Å². The predicted octanol–water partition coefficient (Wildman–Crippen LogP) is 5.52. The zero-order chi connectivity index (χ0) is 31.1. The number of anilines is 2. The zero-order valence-electron chi connectivity index (χ0n) is 25.6. The number of Topliss-reactive ketones (excluding diaryl/α,β-unsaturated/α-hetero) is 1. The molecule has 9 nitrogen and oxygen atoms in total. The third kappa shape index (κ3) is 5.71. The first-order chi connectivity index (χ1) is 21.9. The molecule has 2 aromatic heterocycles. The van der Waals surface area contributed by atoms with Gasteiger partial charge >= 0.3 is 0 Å². The number of para-hydroxylation sites is 1. The van der Waals surface area contributed by atoms with Crippen LogP contribution >= 0.6 is 0 Å². The summed E-state index contributed by atoms with van der Waals surface area (Å²) in [5.41, 5.74) is 13.6. The van der Waals surface area contributed by atoms with Crippen LogP contribution in [0.5, 0.6) is 11.6 Å². The second kappa shape index (κ2) is 12.1. The van der Waals surface area contributed by atoms with Crippen LogP contribution in [0.25, 0.3) is 11.8 Å². The van der Waals surface area contributed by atoms with Gasteiger partial charge in [0.05, 0.1) is 36.9 Å². The summed E-state index contributed by atoms with van der Waals surface area (Å²) < 4.78 is 26.7. The van der Waals surface area contributed by atoms with Gasteiger partial charge in [-0.25, -0.2) is 14.1 Å². The van der Waals surface area contributed by atoms with Gasteiger partial charge in [0, 0.05) is 56.0 Å². The summed E-state index contributed by atoms with van der Waals surface area (Å²) in [6.07, 6.45) is 7.91. The molecule has 0 spiro atoms. The van der Waals surface area contributed by atoms with Crippen molar-refractivity contribution in [2.75, 3.05) is 50.0 Å². The van der Waals surface area contributed by atoms with E-state index >= 15 is 0 Å². The average molecular weight is 609 g/mol. The molecule has 0 amide bonds. The van der Waals surface area contributed by atoms with Crippen LogP contribution in [0, 0.1) is 19.7 Å². The Morgan fingerprint density at radius 2 is 1.76 bits per heavy atom. The molecule has 232 valence electrons. The molecule has 2 aliphatic heterocycles. The summed E-state index contributed by atoms with van der Waals surface area (Å²) in [5.74, 6) is -0.0342. The number of aryl methyl sites for hydroxylation is 2. The van der Waals surface area contributed by atoms with Gasteiger partial charge in [0.25, 0.3) is 0 Å². The number of ketones is 1.